The topological polar surface area (TPSA) is 78.4 Å². The van der Waals surface area contributed by atoms with Crippen molar-refractivity contribution >= 4 is 23.8 Å². The molecule has 0 heterocycles. The summed E-state index contributed by atoms with van der Waals surface area (Å²) >= 11 is -0.228. The van der Waals surface area contributed by atoms with E-state index < -0.39 is 23.0 Å². The van der Waals surface area contributed by atoms with Gasteiger partial charge in [-0.05, 0) is 24.6 Å². The Morgan fingerprint density at radius 2 is 1.71 bits per heavy atom. The Kier molecular flexibility index (Phi) is 6.63. The lowest BCUT2D eigenvalue weighted by atomic mass is 9.90. The Morgan fingerprint density at radius 1 is 1.14 bits per heavy atom. The van der Waals surface area contributed by atoms with E-state index in [-0.39, 0.29) is 24.1 Å². The van der Waals surface area contributed by atoms with Gasteiger partial charge in [-0.3, -0.25) is 0 Å². The van der Waals surface area contributed by atoms with Crippen LogP contribution in [0.25, 0.3) is 0 Å². The minimum absolute atomic E-state index is 0.175. The number of amides is 2. The Hall–Kier alpha value is -1.12. The van der Waals surface area contributed by atoms with E-state index >= 15 is 0 Å². The van der Waals surface area contributed by atoms with Gasteiger partial charge in [0, 0.05) is 12.3 Å². The van der Waals surface area contributed by atoms with E-state index in [0.29, 0.717) is 25.7 Å². The molecule has 1 aliphatic carbocycles. The molecule has 3 N–H and O–H groups in total. The fraction of sp³-hybridized carbons (Fsp3) is 0.833. The Morgan fingerprint density at radius 3 is 2.19 bits per heavy atom. The summed E-state index contributed by atoms with van der Waals surface area (Å²) in [5.41, 5.74) is -5.64. The zero-order valence-corrected chi connectivity index (χ0v) is 12.3. The first-order chi connectivity index (χ1) is 9.75. The van der Waals surface area contributed by atoms with Gasteiger partial charge < -0.3 is 15.7 Å². The molecular formula is C12H19F3N2O3S. The van der Waals surface area contributed by atoms with Crippen molar-refractivity contribution in [1.29, 1.82) is 0 Å². The van der Waals surface area contributed by atoms with Gasteiger partial charge in [0.05, 0.1) is 0 Å². The average molecular weight is 328 g/mol. The summed E-state index contributed by atoms with van der Waals surface area (Å²) in [7, 11) is 0. The normalized spacial score (nSPS) is 18.6. The van der Waals surface area contributed by atoms with Crippen LogP contribution in [-0.4, -0.2) is 40.5 Å². The predicted octanol–water partition coefficient (Wildman–Crippen LogP) is 2.72. The number of carbonyl (C=O) groups excluding carboxylic acids is 1. The largest absolute Gasteiger partial charge is 0.480 e. The molecule has 0 saturated heterocycles. The molecule has 0 atom stereocenters. The van der Waals surface area contributed by atoms with Crippen molar-refractivity contribution in [3.8, 4) is 0 Å². The highest BCUT2D eigenvalue weighted by atomic mass is 32.2. The van der Waals surface area contributed by atoms with Crippen molar-refractivity contribution < 1.29 is 27.9 Å². The molecule has 0 bridgehead atoms. The zero-order valence-electron chi connectivity index (χ0n) is 11.5. The summed E-state index contributed by atoms with van der Waals surface area (Å²) < 4.78 is 35.8. The number of carbonyl (C=O) groups is 2. The molecule has 0 aromatic rings. The summed E-state index contributed by atoms with van der Waals surface area (Å²) in [6.45, 7) is -0.175. The van der Waals surface area contributed by atoms with E-state index in [2.05, 4.69) is 10.6 Å². The summed E-state index contributed by atoms with van der Waals surface area (Å²) in [4.78, 5) is 23.1. The molecule has 0 spiro atoms. The van der Waals surface area contributed by atoms with Gasteiger partial charge in [-0.25, -0.2) is 9.59 Å². The van der Waals surface area contributed by atoms with Crippen LogP contribution in [0.2, 0.25) is 0 Å². The number of carboxylic acid groups (broad SMARTS) is 1. The SMILES string of the molecule is O=C(NCCSC(F)(F)F)NC1(C(=O)O)CCCCCC1. The monoisotopic (exact) mass is 328 g/mol. The maximum atomic E-state index is 11.9. The molecule has 1 aliphatic rings. The third-order valence-corrected chi connectivity index (χ3v) is 4.11. The first-order valence-electron chi connectivity index (χ1n) is 6.75. The van der Waals surface area contributed by atoms with Crippen LogP contribution in [0.1, 0.15) is 38.5 Å². The second-order valence-electron chi connectivity index (χ2n) is 4.98. The highest BCUT2D eigenvalue weighted by Gasteiger charge is 2.40. The van der Waals surface area contributed by atoms with Gasteiger partial charge in [0.15, 0.2) is 0 Å². The van der Waals surface area contributed by atoms with Crippen LogP contribution < -0.4 is 10.6 Å². The second-order valence-corrected chi connectivity index (χ2v) is 6.14. The number of aliphatic carboxylic acids is 1. The molecule has 1 rings (SSSR count). The smallest absolute Gasteiger partial charge is 0.441 e. The Labute approximate surface area is 125 Å². The van der Waals surface area contributed by atoms with Gasteiger partial charge in [0.25, 0.3) is 0 Å². The van der Waals surface area contributed by atoms with Crippen molar-refractivity contribution in [3.63, 3.8) is 0 Å². The fourth-order valence-electron chi connectivity index (χ4n) is 2.32. The van der Waals surface area contributed by atoms with Crippen molar-refractivity contribution in [2.24, 2.45) is 0 Å². The molecule has 0 unspecified atom stereocenters. The van der Waals surface area contributed by atoms with Gasteiger partial charge in [-0.2, -0.15) is 13.2 Å². The average Bonchev–Trinajstić information content (AvgIpc) is 2.60. The molecule has 0 aromatic heterocycles. The molecule has 1 fully saturated rings. The van der Waals surface area contributed by atoms with E-state index in [1.807, 2.05) is 0 Å². The summed E-state index contributed by atoms with van der Waals surface area (Å²) in [6.07, 6.45) is 3.92. The van der Waals surface area contributed by atoms with Gasteiger partial charge >= 0.3 is 17.5 Å². The number of halogens is 3. The molecule has 0 aromatic carbocycles. The highest BCUT2D eigenvalue weighted by Crippen LogP contribution is 2.29. The molecule has 0 radical (unpaired) electrons. The van der Waals surface area contributed by atoms with Crippen molar-refractivity contribution in [2.45, 2.75) is 49.6 Å². The standard InChI is InChI=1S/C12H19F3N2O3S/c13-12(14,15)21-8-7-16-10(20)17-11(9(18)19)5-3-1-2-4-6-11/h1-8H2,(H,18,19)(H2,16,17,20). The lowest BCUT2D eigenvalue weighted by molar-refractivity contribution is -0.145. The van der Waals surface area contributed by atoms with Crippen molar-refractivity contribution in [1.82, 2.24) is 10.6 Å². The van der Waals surface area contributed by atoms with Crippen LogP contribution in [0.15, 0.2) is 0 Å². The molecule has 2 amide bonds. The molecule has 0 aliphatic heterocycles. The molecule has 5 nitrogen and oxygen atoms in total. The highest BCUT2D eigenvalue weighted by molar-refractivity contribution is 8.00. The molecule has 122 valence electrons. The van der Waals surface area contributed by atoms with Gasteiger partial charge in [-0.15, -0.1) is 0 Å². The van der Waals surface area contributed by atoms with Crippen molar-refractivity contribution in [3.05, 3.63) is 0 Å². The number of urea groups is 1. The maximum Gasteiger partial charge on any atom is 0.441 e. The number of thioether (sulfide) groups is 1. The Bertz CT molecular complexity index is 369. The first kappa shape index (κ1) is 17.9. The lowest BCUT2D eigenvalue weighted by Gasteiger charge is -2.29. The number of nitrogens with one attached hydrogen (secondary N) is 2. The number of rotatable bonds is 5. The third-order valence-electron chi connectivity index (χ3n) is 3.37. The molecule has 1 saturated carbocycles. The van der Waals surface area contributed by atoms with Gasteiger partial charge in [-0.1, -0.05) is 25.7 Å². The summed E-state index contributed by atoms with van der Waals surface area (Å²) in [5.74, 6) is -1.40. The van der Waals surface area contributed by atoms with Crippen molar-refractivity contribution in [2.75, 3.05) is 12.3 Å². The Balaban J connectivity index is 2.44. The van der Waals surface area contributed by atoms with Gasteiger partial charge in [0.2, 0.25) is 0 Å². The van der Waals surface area contributed by atoms with E-state index in [9.17, 15) is 27.9 Å². The minimum atomic E-state index is -4.33. The number of hydrogen-bond donors (Lipinski definition) is 3. The quantitative estimate of drug-likeness (QED) is 0.536. The zero-order chi connectivity index (χ0) is 15.9. The lowest BCUT2D eigenvalue weighted by Crippen LogP contribution is -2.57. The van der Waals surface area contributed by atoms with Crippen LogP contribution in [0.3, 0.4) is 0 Å². The first-order valence-corrected chi connectivity index (χ1v) is 7.74. The number of carboxylic acids is 1. The van der Waals surface area contributed by atoms with Gasteiger partial charge in [0.1, 0.15) is 5.54 Å². The fourth-order valence-corrected chi connectivity index (χ4v) is 2.75. The van der Waals surface area contributed by atoms with E-state index in [1.165, 1.54) is 0 Å². The summed E-state index contributed by atoms with van der Waals surface area (Å²) in [5, 5.41) is 14.0. The van der Waals surface area contributed by atoms with E-state index in [1.54, 1.807) is 0 Å². The van der Waals surface area contributed by atoms with Crippen LogP contribution in [0.4, 0.5) is 18.0 Å². The number of alkyl halides is 3. The van der Waals surface area contributed by atoms with Crippen LogP contribution in [0, 0.1) is 0 Å². The summed E-state index contributed by atoms with van der Waals surface area (Å²) in [6, 6.07) is -0.734. The maximum absolute atomic E-state index is 11.9. The minimum Gasteiger partial charge on any atom is -0.480 e. The van der Waals surface area contributed by atoms with E-state index in [0.717, 1.165) is 12.8 Å². The van der Waals surface area contributed by atoms with Crippen LogP contribution >= 0.6 is 11.8 Å². The number of hydrogen-bond acceptors (Lipinski definition) is 3. The van der Waals surface area contributed by atoms with Crippen LogP contribution in [-0.2, 0) is 4.79 Å². The second kappa shape index (κ2) is 7.77. The molecular weight excluding hydrogens is 309 g/mol. The molecule has 9 heteroatoms. The van der Waals surface area contributed by atoms with Crippen LogP contribution in [0.5, 0.6) is 0 Å². The predicted molar refractivity (Wildman–Crippen MR) is 73.1 cm³/mol. The molecule has 21 heavy (non-hydrogen) atoms. The third kappa shape index (κ3) is 6.45. The van der Waals surface area contributed by atoms with E-state index in [4.69, 9.17) is 0 Å².